The van der Waals surface area contributed by atoms with E-state index in [2.05, 4.69) is 20.2 Å². The minimum Gasteiger partial charge on any atom is -0.491 e. The van der Waals surface area contributed by atoms with E-state index in [0.717, 1.165) is 24.2 Å². The highest BCUT2D eigenvalue weighted by Crippen LogP contribution is 2.37. The average Bonchev–Trinajstić information content (AvgIpc) is 3.27. The number of methoxy groups -OCH3 is 1. The van der Waals surface area contributed by atoms with Crippen molar-refractivity contribution in [1.82, 2.24) is 19.4 Å². The number of carbonyl (C=O) groups excluding carboxylic acids is 1. The number of pyridine rings is 1. The van der Waals surface area contributed by atoms with Gasteiger partial charge >= 0.3 is 0 Å². The predicted octanol–water partition coefficient (Wildman–Crippen LogP) is 1.52. The van der Waals surface area contributed by atoms with Gasteiger partial charge in [-0.05, 0) is 44.8 Å². The average molecular weight is 438 g/mol. The molecule has 0 fully saturated rings. The van der Waals surface area contributed by atoms with Crippen molar-refractivity contribution < 1.29 is 14.3 Å². The molecule has 0 radical (unpaired) electrons. The highest BCUT2D eigenvalue weighted by Gasteiger charge is 2.21. The van der Waals surface area contributed by atoms with Gasteiger partial charge in [-0.1, -0.05) is 0 Å². The normalized spacial score (nSPS) is 13.3. The summed E-state index contributed by atoms with van der Waals surface area (Å²) in [4.78, 5) is 27.8. The van der Waals surface area contributed by atoms with Gasteiger partial charge < -0.3 is 25.4 Å². The molecule has 1 aliphatic heterocycles. The summed E-state index contributed by atoms with van der Waals surface area (Å²) in [6.45, 7) is 2.81. The van der Waals surface area contributed by atoms with Crippen molar-refractivity contribution in [3.05, 3.63) is 41.6 Å². The van der Waals surface area contributed by atoms with Crippen LogP contribution in [0.4, 0.5) is 11.6 Å². The topological polar surface area (TPSA) is 120 Å². The lowest BCUT2D eigenvalue weighted by molar-refractivity contribution is 0.0997. The summed E-state index contributed by atoms with van der Waals surface area (Å²) in [6.07, 6.45) is 2.41. The molecule has 0 bridgehead atoms. The molecule has 10 nitrogen and oxygen atoms in total. The number of anilines is 2. The van der Waals surface area contributed by atoms with E-state index in [1.54, 1.807) is 19.2 Å². The SMILES string of the molecule is COc1c(OCCCN(C)C)ccc2c3n(c(=NC(=O)c4cccnc4N)nc12)CCN3. The fourth-order valence-electron chi connectivity index (χ4n) is 3.66. The summed E-state index contributed by atoms with van der Waals surface area (Å²) in [5, 5.41) is 4.22. The molecule has 0 atom stereocenters. The van der Waals surface area contributed by atoms with Gasteiger partial charge in [0.15, 0.2) is 11.5 Å². The zero-order valence-corrected chi connectivity index (χ0v) is 18.5. The molecule has 0 unspecified atom stereocenters. The second-order valence-corrected chi connectivity index (χ2v) is 7.69. The number of hydrogen-bond acceptors (Lipinski definition) is 8. The number of rotatable bonds is 7. The fourth-order valence-corrected chi connectivity index (χ4v) is 3.66. The third-order valence-corrected chi connectivity index (χ3v) is 5.18. The predicted molar refractivity (Wildman–Crippen MR) is 122 cm³/mol. The van der Waals surface area contributed by atoms with Gasteiger partial charge in [0.2, 0.25) is 5.62 Å². The Bertz CT molecular complexity index is 1220. The third-order valence-electron chi connectivity index (χ3n) is 5.18. The Morgan fingerprint density at radius 3 is 2.94 bits per heavy atom. The number of nitrogens with zero attached hydrogens (tertiary/aromatic N) is 5. The lowest BCUT2D eigenvalue weighted by Crippen LogP contribution is -2.25. The van der Waals surface area contributed by atoms with Gasteiger partial charge in [0.1, 0.15) is 17.2 Å². The van der Waals surface area contributed by atoms with Crippen LogP contribution in [0.25, 0.3) is 10.9 Å². The summed E-state index contributed by atoms with van der Waals surface area (Å²) in [5.41, 5.74) is 6.93. The molecule has 32 heavy (non-hydrogen) atoms. The van der Waals surface area contributed by atoms with Crippen LogP contribution in [-0.2, 0) is 6.54 Å². The molecule has 1 amide bonds. The van der Waals surface area contributed by atoms with E-state index in [9.17, 15) is 4.79 Å². The number of nitrogens with two attached hydrogens (primary N) is 1. The monoisotopic (exact) mass is 437 g/mol. The number of nitrogen functional groups attached to an aromatic ring is 1. The summed E-state index contributed by atoms with van der Waals surface area (Å²) in [6, 6.07) is 7.08. The number of aromatic nitrogens is 3. The molecule has 1 aromatic carbocycles. The lowest BCUT2D eigenvalue weighted by atomic mass is 10.2. The molecule has 3 N–H and O–H groups in total. The number of ether oxygens (including phenoxy) is 2. The van der Waals surface area contributed by atoms with Crippen LogP contribution in [0.3, 0.4) is 0 Å². The molecule has 168 valence electrons. The van der Waals surface area contributed by atoms with Crippen LogP contribution in [0.1, 0.15) is 16.8 Å². The first-order valence-electron chi connectivity index (χ1n) is 10.4. The van der Waals surface area contributed by atoms with Gasteiger partial charge in [0.25, 0.3) is 5.91 Å². The summed E-state index contributed by atoms with van der Waals surface area (Å²) < 4.78 is 13.5. The fraction of sp³-hybridized carbons (Fsp3) is 0.364. The molecule has 0 aliphatic carbocycles. The Morgan fingerprint density at radius 2 is 2.19 bits per heavy atom. The molecule has 1 aliphatic rings. The van der Waals surface area contributed by atoms with Crippen molar-refractivity contribution in [3.63, 3.8) is 0 Å². The maximum Gasteiger partial charge on any atom is 0.284 e. The van der Waals surface area contributed by atoms with E-state index < -0.39 is 5.91 Å². The second-order valence-electron chi connectivity index (χ2n) is 7.69. The van der Waals surface area contributed by atoms with Gasteiger partial charge in [-0.3, -0.25) is 9.36 Å². The molecule has 3 heterocycles. The van der Waals surface area contributed by atoms with Crippen molar-refractivity contribution >= 4 is 28.4 Å². The molecular weight excluding hydrogens is 410 g/mol. The largest absolute Gasteiger partial charge is 0.491 e. The second kappa shape index (κ2) is 9.23. The number of hydrogen-bond donors (Lipinski definition) is 2. The van der Waals surface area contributed by atoms with Crippen molar-refractivity contribution in [1.29, 1.82) is 0 Å². The van der Waals surface area contributed by atoms with Crippen molar-refractivity contribution in [2.75, 3.05) is 52.0 Å². The minimum atomic E-state index is -0.501. The maximum atomic E-state index is 12.8. The summed E-state index contributed by atoms with van der Waals surface area (Å²) >= 11 is 0. The highest BCUT2D eigenvalue weighted by atomic mass is 16.5. The highest BCUT2D eigenvalue weighted by molar-refractivity contribution is 5.99. The summed E-state index contributed by atoms with van der Waals surface area (Å²) in [7, 11) is 5.63. The first kappa shape index (κ1) is 21.6. The van der Waals surface area contributed by atoms with Crippen LogP contribution in [0, 0.1) is 0 Å². The first-order chi connectivity index (χ1) is 15.5. The summed E-state index contributed by atoms with van der Waals surface area (Å²) in [5.74, 6) is 1.57. The molecule has 10 heteroatoms. The molecule has 0 saturated heterocycles. The van der Waals surface area contributed by atoms with Gasteiger partial charge in [0, 0.05) is 31.2 Å². The maximum absolute atomic E-state index is 12.8. The van der Waals surface area contributed by atoms with Crippen molar-refractivity contribution in [2.24, 2.45) is 4.99 Å². The Balaban J connectivity index is 1.79. The molecular formula is C22H27N7O3. The molecule has 4 rings (SSSR count). The number of nitrogens with one attached hydrogen (secondary N) is 1. The first-order valence-corrected chi connectivity index (χ1v) is 10.4. The molecule has 0 saturated carbocycles. The molecule has 2 aromatic heterocycles. The zero-order chi connectivity index (χ0) is 22.7. The number of amides is 1. The smallest absolute Gasteiger partial charge is 0.284 e. The Hall–Kier alpha value is -3.66. The van der Waals surface area contributed by atoms with E-state index in [1.807, 2.05) is 30.8 Å². The van der Waals surface area contributed by atoms with Crippen LogP contribution in [-0.4, -0.2) is 66.2 Å². The van der Waals surface area contributed by atoms with E-state index >= 15 is 0 Å². The van der Waals surface area contributed by atoms with Crippen molar-refractivity contribution in [2.45, 2.75) is 13.0 Å². The van der Waals surface area contributed by atoms with Crippen LogP contribution < -0.4 is 26.1 Å². The minimum absolute atomic E-state index is 0.132. The Morgan fingerprint density at radius 1 is 1.34 bits per heavy atom. The number of carbonyl (C=O) groups is 1. The quantitative estimate of drug-likeness (QED) is 0.534. The van der Waals surface area contributed by atoms with E-state index in [4.69, 9.17) is 20.2 Å². The van der Waals surface area contributed by atoms with Crippen LogP contribution in [0.5, 0.6) is 11.5 Å². The standard InChI is InChI=1S/C22H27N7O3/c1-28(2)11-5-13-32-16-8-7-14-17(18(16)31-3)26-22(29-12-10-25-20(14)29)27-21(30)15-6-4-9-24-19(15)23/h4,6-9,25H,5,10-13H2,1-3H3,(H2,23,24). The van der Waals surface area contributed by atoms with Gasteiger partial charge in [-0.2, -0.15) is 4.99 Å². The third kappa shape index (κ3) is 4.22. The van der Waals surface area contributed by atoms with Gasteiger partial charge in [-0.15, -0.1) is 0 Å². The van der Waals surface area contributed by atoms with Gasteiger partial charge in [0.05, 0.1) is 19.3 Å². The zero-order valence-electron chi connectivity index (χ0n) is 18.5. The number of fused-ring (bicyclic) bond motifs is 3. The van der Waals surface area contributed by atoms with Crippen molar-refractivity contribution in [3.8, 4) is 11.5 Å². The van der Waals surface area contributed by atoms with E-state index in [1.165, 1.54) is 6.20 Å². The molecule has 0 spiro atoms. The van der Waals surface area contributed by atoms with Crippen LogP contribution in [0.15, 0.2) is 35.5 Å². The van der Waals surface area contributed by atoms with Crippen LogP contribution in [0.2, 0.25) is 0 Å². The Kier molecular flexibility index (Phi) is 6.22. The Labute approximate surface area is 185 Å². The lowest BCUT2D eigenvalue weighted by Gasteiger charge is -2.15. The van der Waals surface area contributed by atoms with Crippen LogP contribution >= 0.6 is 0 Å². The molecule has 3 aromatic rings. The van der Waals surface area contributed by atoms with Gasteiger partial charge in [-0.25, -0.2) is 9.97 Å². The van der Waals surface area contributed by atoms with E-state index in [-0.39, 0.29) is 17.0 Å². The van der Waals surface area contributed by atoms with E-state index in [0.29, 0.717) is 36.7 Å². The number of benzene rings is 1.